The molecule has 2 saturated heterocycles. The molecule has 114 valence electrons. The molecule has 0 saturated carbocycles. The van der Waals surface area contributed by atoms with Gasteiger partial charge in [0, 0.05) is 32.8 Å². The third-order valence-electron chi connectivity index (χ3n) is 3.83. The number of piperazine rings is 1. The minimum absolute atomic E-state index is 0.0827. The van der Waals surface area contributed by atoms with Crippen LogP contribution in [0.25, 0.3) is 0 Å². The predicted octanol–water partition coefficient (Wildman–Crippen LogP) is 1.25. The van der Waals surface area contributed by atoms with Gasteiger partial charge in [-0.25, -0.2) is 4.79 Å². The summed E-state index contributed by atoms with van der Waals surface area (Å²) in [6.45, 7) is 5.23. The van der Waals surface area contributed by atoms with Gasteiger partial charge in [0.2, 0.25) is 5.91 Å². The molecular weight excluding hydrogens is 260 g/mol. The summed E-state index contributed by atoms with van der Waals surface area (Å²) in [5, 5.41) is 0. The van der Waals surface area contributed by atoms with Gasteiger partial charge in [0.15, 0.2) is 0 Å². The third-order valence-corrected chi connectivity index (χ3v) is 3.83. The summed E-state index contributed by atoms with van der Waals surface area (Å²) in [6.07, 6.45) is 3.50. The van der Waals surface area contributed by atoms with Crippen LogP contribution in [-0.2, 0) is 14.3 Å². The Bertz CT molecular complexity index is 334. The van der Waals surface area contributed by atoms with E-state index in [0.29, 0.717) is 39.2 Å². The number of ether oxygens (including phenoxy) is 2. The Morgan fingerprint density at radius 2 is 1.85 bits per heavy atom. The predicted molar refractivity (Wildman–Crippen MR) is 73.4 cm³/mol. The minimum Gasteiger partial charge on any atom is -0.450 e. The van der Waals surface area contributed by atoms with Crippen molar-refractivity contribution < 1.29 is 19.1 Å². The number of rotatable bonds is 3. The van der Waals surface area contributed by atoms with Crippen LogP contribution in [0.15, 0.2) is 0 Å². The van der Waals surface area contributed by atoms with Crippen molar-refractivity contribution in [3.8, 4) is 0 Å². The van der Waals surface area contributed by atoms with Crippen LogP contribution in [0.5, 0.6) is 0 Å². The molecule has 2 amide bonds. The van der Waals surface area contributed by atoms with Crippen LogP contribution in [-0.4, -0.2) is 67.3 Å². The maximum Gasteiger partial charge on any atom is 0.409 e. The highest BCUT2D eigenvalue weighted by molar-refractivity contribution is 5.77. The first-order chi connectivity index (χ1) is 9.70. The molecule has 2 heterocycles. The number of amides is 2. The van der Waals surface area contributed by atoms with Gasteiger partial charge in [0.1, 0.15) is 0 Å². The second kappa shape index (κ2) is 7.47. The van der Waals surface area contributed by atoms with Gasteiger partial charge in [-0.15, -0.1) is 0 Å². The molecular formula is C14H24N2O4. The lowest BCUT2D eigenvalue weighted by Crippen LogP contribution is -2.51. The molecule has 6 nitrogen and oxygen atoms in total. The Morgan fingerprint density at radius 1 is 1.15 bits per heavy atom. The highest BCUT2D eigenvalue weighted by atomic mass is 16.6. The van der Waals surface area contributed by atoms with Crippen LogP contribution in [0.2, 0.25) is 0 Å². The molecule has 6 heteroatoms. The molecule has 0 N–H and O–H groups in total. The molecule has 0 spiro atoms. The quantitative estimate of drug-likeness (QED) is 0.782. The molecule has 2 fully saturated rings. The van der Waals surface area contributed by atoms with E-state index < -0.39 is 0 Å². The van der Waals surface area contributed by atoms with E-state index in [1.54, 1.807) is 11.8 Å². The number of hydrogen-bond acceptors (Lipinski definition) is 4. The third kappa shape index (κ3) is 4.10. The summed E-state index contributed by atoms with van der Waals surface area (Å²) in [4.78, 5) is 27.2. The van der Waals surface area contributed by atoms with Crippen molar-refractivity contribution in [1.29, 1.82) is 0 Å². The summed E-state index contributed by atoms with van der Waals surface area (Å²) in [5.41, 5.74) is 0. The van der Waals surface area contributed by atoms with E-state index in [1.165, 1.54) is 0 Å². The molecule has 2 aliphatic rings. The van der Waals surface area contributed by atoms with Crippen molar-refractivity contribution in [2.75, 3.05) is 39.4 Å². The van der Waals surface area contributed by atoms with Gasteiger partial charge in [-0.1, -0.05) is 0 Å². The second-order valence-corrected chi connectivity index (χ2v) is 5.26. The van der Waals surface area contributed by atoms with Crippen molar-refractivity contribution in [2.24, 2.45) is 0 Å². The monoisotopic (exact) mass is 284 g/mol. The fourth-order valence-corrected chi connectivity index (χ4v) is 2.65. The molecule has 0 radical (unpaired) electrons. The maximum absolute atomic E-state index is 12.2. The maximum atomic E-state index is 12.2. The van der Waals surface area contributed by atoms with E-state index >= 15 is 0 Å². The normalized spacial score (nSPS) is 23.6. The minimum atomic E-state index is -0.282. The van der Waals surface area contributed by atoms with Gasteiger partial charge >= 0.3 is 6.09 Å². The molecule has 2 rings (SSSR count). The zero-order valence-electron chi connectivity index (χ0n) is 12.2. The van der Waals surface area contributed by atoms with Crippen LogP contribution in [0, 0.1) is 0 Å². The summed E-state index contributed by atoms with van der Waals surface area (Å²) in [5.74, 6) is 0.139. The van der Waals surface area contributed by atoms with E-state index in [9.17, 15) is 9.59 Å². The molecule has 1 atom stereocenters. The van der Waals surface area contributed by atoms with Crippen LogP contribution in [0.3, 0.4) is 0 Å². The van der Waals surface area contributed by atoms with E-state index in [2.05, 4.69) is 0 Å². The number of carbonyl (C=O) groups is 2. The average Bonchev–Trinajstić information content (AvgIpc) is 2.48. The largest absolute Gasteiger partial charge is 0.450 e. The van der Waals surface area contributed by atoms with E-state index in [4.69, 9.17) is 9.47 Å². The van der Waals surface area contributed by atoms with Gasteiger partial charge in [-0.3, -0.25) is 4.79 Å². The molecule has 2 aliphatic heterocycles. The number of carbonyl (C=O) groups excluding carboxylic acids is 2. The summed E-state index contributed by atoms with van der Waals surface area (Å²) >= 11 is 0. The summed E-state index contributed by atoms with van der Waals surface area (Å²) in [7, 11) is 0. The zero-order valence-corrected chi connectivity index (χ0v) is 12.2. The van der Waals surface area contributed by atoms with E-state index in [-0.39, 0.29) is 18.1 Å². The fourth-order valence-electron chi connectivity index (χ4n) is 2.65. The van der Waals surface area contributed by atoms with Crippen LogP contribution < -0.4 is 0 Å². The van der Waals surface area contributed by atoms with Crippen molar-refractivity contribution in [3.05, 3.63) is 0 Å². The summed E-state index contributed by atoms with van der Waals surface area (Å²) < 4.78 is 10.6. The van der Waals surface area contributed by atoms with Crippen LogP contribution in [0.1, 0.15) is 32.6 Å². The first kappa shape index (κ1) is 15.1. The van der Waals surface area contributed by atoms with Crippen molar-refractivity contribution in [3.63, 3.8) is 0 Å². The molecule has 0 aromatic heterocycles. The molecule has 20 heavy (non-hydrogen) atoms. The highest BCUT2D eigenvalue weighted by Gasteiger charge is 2.27. The number of hydrogen-bond donors (Lipinski definition) is 0. The highest BCUT2D eigenvalue weighted by Crippen LogP contribution is 2.17. The van der Waals surface area contributed by atoms with Gasteiger partial charge in [-0.2, -0.15) is 0 Å². The smallest absolute Gasteiger partial charge is 0.409 e. The average molecular weight is 284 g/mol. The van der Waals surface area contributed by atoms with Crippen molar-refractivity contribution in [2.45, 2.75) is 38.7 Å². The first-order valence-electron chi connectivity index (χ1n) is 7.51. The Hall–Kier alpha value is -1.30. The molecule has 0 aromatic carbocycles. The Morgan fingerprint density at radius 3 is 2.45 bits per heavy atom. The zero-order chi connectivity index (χ0) is 14.4. The molecule has 0 aromatic rings. The first-order valence-corrected chi connectivity index (χ1v) is 7.51. The van der Waals surface area contributed by atoms with Gasteiger partial charge in [0.25, 0.3) is 0 Å². The van der Waals surface area contributed by atoms with Crippen LogP contribution >= 0.6 is 0 Å². The Balaban J connectivity index is 1.72. The van der Waals surface area contributed by atoms with E-state index in [1.807, 2.05) is 4.90 Å². The van der Waals surface area contributed by atoms with E-state index in [0.717, 1.165) is 25.9 Å². The lowest BCUT2D eigenvalue weighted by molar-refractivity contribution is -0.136. The second-order valence-electron chi connectivity index (χ2n) is 5.26. The van der Waals surface area contributed by atoms with Crippen molar-refractivity contribution >= 4 is 12.0 Å². The topological polar surface area (TPSA) is 59.1 Å². The molecule has 0 aliphatic carbocycles. The van der Waals surface area contributed by atoms with Gasteiger partial charge in [0.05, 0.1) is 19.1 Å². The Labute approximate surface area is 120 Å². The lowest BCUT2D eigenvalue weighted by Gasteiger charge is -2.35. The SMILES string of the molecule is CCOC(=O)N1CCN(C(=O)CC2CCCCO2)CC1. The Kier molecular flexibility index (Phi) is 5.64. The summed E-state index contributed by atoms with van der Waals surface area (Å²) in [6, 6.07) is 0. The van der Waals surface area contributed by atoms with Crippen molar-refractivity contribution in [1.82, 2.24) is 9.80 Å². The molecule has 0 bridgehead atoms. The fraction of sp³-hybridized carbons (Fsp3) is 0.857. The van der Waals surface area contributed by atoms with Gasteiger partial charge in [-0.05, 0) is 26.2 Å². The number of nitrogens with zero attached hydrogens (tertiary/aromatic N) is 2. The van der Waals surface area contributed by atoms with Crippen LogP contribution in [0.4, 0.5) is 4.79 Å². The lowest BCUT2D eigenvalue weighted by atomic mass is 10.1. The van der Waals surface area contributed by atoms with Gasteiger partial charge < -0.3 is 19.3 Å². The molecule has 1 unspecified atom stereocenters. The standard InChI is InChI=1S/C14H24N2O4/c1-2-19-14(18)16-8-6-15(7-9-16)13(17)11-12-5-3-4-10-20-12/h12H,2-11H2,1H3.